The van der Waals surface area contributed by atoms with Crippen molar-refractivity contribution < 1.29 is 31.7 Å². The smallest absolute Gasteiger partial charge is 0.339 e. The summed E-state index contributed by atoms with van der Waals surface area (Å²) in [6.07, 6.45) is 1.16. The lowest BCUT2D eigenvalue weighted by Crippen LogP contribution is -2.51. The molecular formula is C18H12Cl2N2O7S. The van der Waals surface area contributed by atoms with Crippen LogP contribution in [0.1, 0.15) is 5.56 Å². The quantitative estimate of drug-likeness (QED) is 0.390. The van der Waals surface area contributed by atoms with Crippen molar-refractivity contribution in [2.75, 3.05) is 7.11 Å². The summed E-state index contributed by atoms with van der Waals surface area (Å²) in [6, 6.07) is 6.93. The van der Waals surface area contributed by atoms with Gasteiger partial charge in [-0.2, -0.15) is 8.42 Å². The predicted octanol–water partition coefficient (Wildman–Crippen LogP) is 2.52. The zero-order valence-electron chi connectivity index (χ0n) is 15.1. The highest BCUT2D eigenvalue weighted by atomic mass is 35.5. The molecule has 1 aliphatic rings. The molecule has 0 aromatic heterocycles. The van der Waals surface area contributed by atoms with Crippen molar-refractivity contribution in [1.82, 2.24) is 10.6 Å². The number of urea groups is 1. The van der Waals surface area contributed by atoms with Crippen molar-refractivity contribution in [3.63, 3.8) is 0 Å². The molecule has 2 aromatic rings. The highest BCUT2D eigenvalue weighted by Gasteiger charge is 2.28. The van der Waals surface area contributed by atoms with Gasteiger partial charge in [-0.15, -0.1) is 0 Å². The number of ether oxygens (including phenoxy) is 1. The SMILES string of the molecule is COc1cc(C=C2C(=O)NC(=O)NC2=O)cc(Cl)c1OS(=O)(=O)c1ccc(Cl)cc1. The number of benzene rings is 2. The molecule has 0 bridgehead atoms. The lowest BCUT2D eigenvalue weighted by Gasteiger charge is -2.15. The largest absolute Gasteiger partial charge is 0.493 e. The number of hydrogen-bond acceptors (Lipinski definition) is 7. The molecule has 0 atom stereocenters. The monoisotopic (exact) mass is 470 g/mol. The van der Waals surface area contributed by atoms with Gasteiger partial charge in [-0.25, -0.2) is 4.79 Å². The Bertz CT molecular complexity index is 1170. The molecule has 1 heterocycles. The summed E-state index contributed by atoms with van der Waals surface area (Å²) in [7, 11) is -3.00. The first kappa shape index (κ1) is 21.6. The molecule has 2 N–H and O–H groups in total. The van der Waals surface area contributed by atoms with Crippen LogP contribution in [-0.4, -0.2) is 33.4 Å². The van der Waals surface area contributed by atoms with Gasteiger partial charge < -0.3 is 8.92 Å². The second-order valence-corrected chi connectivity index (χ2v) is 8.21. The second kappa shape index (κ2) is 8.34. The Morgan fingerprint density at radius 1 is 0.967 bits per heavy atom. The fourth-order valence-corrected chi connectivity index (χ4v) is 3.82. The second-order valence-electron chi connectivity index (χ2n) is 5.82. The van der Waals surface area contributed by atoms with Crippen molar-refractivity contribution in [3.8, 4) is 11.5 Å². The van der Waals surface area contributed by atoms with Crippen molar-refractivity contribution in [3.05, 3.63) is 57.6 Å². The van der Waals surface area contributed by atoms with Crippen LogP contribution in [0.5, 0.6) is 11.5 Å². The number of imide groups is 2. The number of halogens is 2. The maximum absolute atomic E-state index is 12.5. The van der Waals surface area contributed by atoms with E-state index >= 15 is 0 Å². The first-order chi connectivity index (χ1) is 14.1. The topological polar surface area (TPSA) is 128 Å². The lowest BCUT2D eigenvalue weighted by atomic mass is 10.1. The van der Waals surface area contributed by atoms with Gasteiger partial charge in [0, 0.05) is 5.02 Å². The molecule has 0 saturated carbocycles. The Hall–Kier alpha value is -3.08. The molecule has 1 saturated heterocycles. The molecule has 12 heteroatoms. The van der Waals surface area contributed by atoms with Crippen LogP contribution >= 0.6 is 23.2 Å². The number of hydrogen-bond donors (Lipinski definition) is 2. The van der Waals surface area contributed by atoms with Crippen molar-refractivity contribution >= 4 is 57.2 Å². The minimum atomic E-state index is -4.25. The molecule has 1 aliphatic heterocycles. The molecular weight excluding hydrogens is 459 g/mol. The van der Waals surface area contributed by atoms with Crippen LogP contribution in [0.25, 0.3) is 6.08 Å². The van der Waals surface area contributed by atoms with Crippen LogP contribution in [0.2, 0.25) is 10.0 Å². The first-order valence-electron chi connectivity index (χ1n) is 8.06. The summed E-state index contributed by atoms with van der Waals surface area (Å²) in [4.78, 5) is 34.7. The number of amides is 4. The van der Waals surface area contributed by atoms with E-state index < -0.39 is 28.0 Å². The Kier molecular flexibility index (Phi) is 6.01. The molecule has 0 aliphatic carbocycles. The van der Waals surface area contributed by atoms with Crippen LogP contribution in [0.15, 0.2) is 46.9 Å². The van der Waals surface area contributed by atoms with Crippen molar-refractivity contribution in [2.24, 2.45) is 0 Å². The fourth-order valence-electron chi connectivity index (χ4n) is 2.44. The number of carbonyl (C=O) groups is 3. The first-order valence-corrected chi connectivity index (χ1v) is 10.2. The number of carbonyl (C=O) groups excluding carboxylic acids is 3. The number of rotatable bonds is 5. The zero-order valence-corrected chi connectivity index (χ0v) is 17.4. The Labute approximate surface area is 180 Å². The molecule has 4 amide bonds. The highest BCUT2D eigenvalue weighted by Crippen LogP contribution is 2.39. The molecule has 156 valence electrons. The van der Waals surface area contributed by atoms with Crippen LogP contribution in [-0.2, 0) is 19.7 Å². The van der Waals surface area contributed by atoms with Gasteiger partial charge >= 0.3 is 16.1 Å². The van der Waals surface area contributed by atoms with E-state index in [2.05, 4.69) is 0 Å². The van der Waals surface area contributed by atoms with E-state index in [-0.39, 0.29) is 32.6 Å². The molecule has 1 fully saturated rings. The van der Waals surface area contributed by atoms with Gasteiger partial charge in [0.2, 0.25) is 5.75 Å². The van der Waals surface area contributed by atoms with E-state index in [9.17, 15) is 22.8 Å². The van der Waals surface area contributed by atoms with Crippen LogP contribution in [0.3, 0.4) is 0 Å². The zero-order chi connectivity index (χ0) is 22.1. The van der Waals surface area contributed by atoms with Crippen molar-refractivity contribution in [1.29, 1.82) is 0 Å². The summed E-state index contributed by atoms with van der Waals surface area (Å²) in [5.41, 5.74) is -0.127. The maximum Gasteiger partial charge on any atom is 0.339 e. The summed E-state index contributed by atoms with van der Waals surface area (Å²) in [5.74, 6) is -2.16. The summed E-state index contributed by atoms with van der Waals surface area (Å²) in [6.45, 7) is 0. The molecule has 3 rings (SSSR count). The average molecular weight is 471 g/mol. The molecule has 9 nitrogen and oxygen atoms in total. The Morgan fingerprint density at radius 3 is 2.13 bits per heavy atom. The third kappa shape index (κ3) is 4.56. The molecule has 30 heavy (non-hydrogen) atoms. The van der Waals surface area contributed by atoms with E-state index in [1.807, 2.05) is 10.6 Å². The van der Waals surface area contributed by atoms with Crippen molar-refractivity contribution in [2.45, 2.75) is 4.90 Å². The molecule has 2 aromatic carbocycles. The fraction of sp³-hybridized carbons (Fsp3) is 0.0556. The van der Waals surface area contributed by atoms with Gasteiger partial charge in [-0.3, -0.25) is 20.2 Å². The molecule has 0 spiro atoms. The Morgan fingerprint density at radius 2 is 1.57 bits per heavy atom. The van der Waals surface area contributed by atoms with Gasteiger partial charge in [-0.05, 0) is 48.0 Å². The van der Waals surface area contributed by atoms with Gasteiger partial charge in [0.1, 0.15) is 10.5 Å². The normalized spacial score (nSPS) is 14.1. The summed E-state index contributed by atoms with van der Waals surface area (Å²) < 4.78 is 35.3. The van der Waals surface area contributed by atoms with Gasteiger partial charge in [0.05, 0.1) is 12.1 Å². The number of barbiturate groups is 1. The lowest BCUT2D eigenvalue weighted by molar-refractivity contribution is -0.123. The van der Waals surface area contributed by atoms with Gasteiger partial charge in [0.15, 0.2) is 5.75 Å². The molecule has 0 radical (unpaired) electrons. The number of methoxy groups -OCH3 is 1. The van der Waals surface area contributed by atoms with E-state index in [0.717, 1.165) is 6.08 Å². The van der Waals surface area contributed by atoms with Crippen LogP contribution < -0.4 is 19.6 Å². The van der Waals surface area contributed by atoms with Crippen LogP contribution in [0, 0.1) is 0 Å². The Balaban J connectivity index is 1.98. The minimum absolute atomic E-state index is 0.0698. The highest BCUT2D eigenvalue weighted by molar-refractivity contribution is 7.87. The van der Waals surface area contributed by atoms with E-state index in [0.29, 0.717) is 5.02 Å². The van der Waals surface area contributed by atoms with E-state index in [1.165, 1.54) is 43.5 Å². The minimum Gasteiger partial charge on any atom is -0.493 e. The molecule has 0 unspecified atom stereocenters. The third-order valence-corrected chi connectivity index (χ3v) is 5.57. The van der Waals surface area contributed by atoms with Gasteiger partial charge in [0.25, 0.3) is 11.8 Å². The standard InChI is InChI=1S/C18H12Cl2N2O7S/c1-28-14-8-9(6-12-16(23)21-18(25)22-17(12)24)7-13(20)15(14)29-30(26,27)11-4-2-10(19)3-5-11/h2-8H,1H3,(H2,21,22,23,24,25). The number of nitrogens with one attached hydrogen (secondary N) is 2. The maximum atomic E-state index is 12.5. The van der Waals surface area contributed by atoms with Gasteiger partial charge in [-0.1, -0.05) is 23.2 Å². The third-order valence-electron chi connectivity index (χ3n) is 3.80. The summed E-state index contributed by atoms with van der Waals surface area (Å²) in [5, 5.41) is 4.05. The van der Waals surface area contributed by atoms with E-state index in [4.69, 9.17) is 32.1 Å². The predicted molar refractivity (Wildman–Crippen MR) is 107 cm³/mol. The van der Waals surface area contributed by atoms with E-state index in [1.54, 1.807) is 0 Å². The van der Waals surface area contributed by atoms with Crippen LogP contribution in [0.4, 0.5) is 4.79 Å². The average Bonchev–Trinajstić information content (AvgIpc) is 2.66. The summed E-state index contributed by atoms with van der Waals surface area (Å²) >= 11 is 11.9.